The molecule has 0 spiro atoms. The Bertz CT molecular complexity index is 995. The first-order valence-corrected chi connectivity index (χ1v) is 9.78. The molecule has 3 rings (SSSR count). The summed E-state index contributed by atoms with van der Waals surface area (Å²) in [6.07, 6.45) is 1.68. The van der Waals surface area contributed by atoms with Gasteiger partial charge in [-0.15, -0.1) is 10.2 Å². The van der Waals surface area contributed by atoms with Crippen LogP contribution in [0.4, 0.5) is 0 Å². The summed E-state index contributed by atoms with van der Waals surface area (Å²) in [4.78, 5) is 24.1. The van der Waals surface area contributed by atoms with E-state index < -0.39 is 5.91 Å². The minimum Gasteiger partial charge on any atom is -0.461 e. The van der Waals surface area contributed by atoms with Crippen molar-refractivity contribution in [3.8, 4) is 11.6 Å². The molecule has 0 fully saturated rings. The number of aryl methyl sites for hydroxylation is 2. The van der Waals surface area contributed by atoms with E-state index in [1.54, 1.807) is 23.0 Å². The summed E-state index contributed by atoms with van der Waals surface area (Å²) in [6, 6.07) is 9.21. The van der Waals surface area contributed by atoms with Gasteiger partial charge in [-0.1, -0.05) is 23.9 Å². The molecule has 0 aliphatic carbocycles. The van der Waals surface area contributed by atoms with Gasteiger partial charge in [-0.2, -0.15) is 0 Å². The minimum absolute atomic E-state index is 0.0112. The van der Waals surface area contributed by atoms with Crippen molar-refractivity contribution < 1.29 is 14.0 Å². The fourth-order valence-corrected chi connectivity index (χ4v) is 3.68. The first-order chi connectivity index (χ1) is 13.4. The van der Waals surface area contributed by atoms with Crippen LogP contribution in [-0.2, 0) is 11.3 Å². The van der Waals surface area contributed by atoms with Gasteiger partial charge in [0.2, 0.25) is 5.91 Å². The van der Waals surface area contributed by atoms with Crippen LogP contribution in [0, 0.1) is 13.8 Å². The van der Waals surface area contributed by atoms with Gasteiger partial charge in [-0.25, -0.2) is 0 Å². The number of thioether (sulfide) groups is 1. The second-order valence-electron chi connectivity index (χ2n) is 6.57. The van der Waals surface area contributed by atoms with E-state index in [9.17, 15) is 9.59 Å². The Morgan fingerprint density at radius 2 is 2.00 bits per heavy atom. The van der Waals surface area contributed by atoms with Crippen LogP contribution in [0.5, 0.6) is 0 Å². The van der Waals surface area contributed by atoms with E-state index in [0.717, 1.165) is 11.1 Å². The summed E-state index contributed by atoms with van der Waals surface area (Å²) in [6.45, 7) is 6.15. The number of ketones is 1. The number of rotatable bonds is 8. The Labute approximate surface area is 167 Å². The highest BCUT2D eigenvalue weighted by atomic mass is 32.2. The van der Waals surface area contributed by atoms with E-state index in [4.69, 9.17) is 10.2 Å². The number of furan rings is 1. The van der Waals surface area contributed by atoms with Crippen molar-refractivity contribution in [1.29, 1.82) is 0 Å². The normalized spacial score (nSPS) is 12.1. The summed E-state index contributed by atoms with van der Waals surface area (Å²) in [5.41, 5.74) is 8.19. The molecule has 2 N–H and O–H groups in total. The highest BCUT2D eigenvalue weighted by molar-refractivity contribution is 8.00. The number of Topliss-reactive ketones (excluding diaryl/α,β-unsaturated/α-hetero) is 1. The molecule has 146 valence electrons. The second kappa shape index (κ2) is 8.43. The van der Waals surface area contributed by atoms with Crippen LogP contribution in [0.25, 0.3) is 11.6 Å². The molecule has 0 radical (unpaired) electrons. The van der Waals surface area contributed by atoms with Crippen LogP contribution in [0.2, 0.25) is 0 Å². The van der Waals surface area contributed by atoms with Crippen molar-refractivity contribution in [2.45, 2.75) is 44.1 Å². The zero-order chi connectivity index (χ0) is 20.3. The van der Waals surface area contributed by atoms with Crippen LogP contribution >= 0.6 is 11.8 Å². The lowest BCUT2D eigenvalue weighted by Crippen LogP contribution is -2.17. The number of nitrogens with two attached hydrogens (primary N) is 1. The number of amides is 1. The Morgan fingerprint density at radius 1 is 1.21 bits per heavy atom. The second-order valence-corrected chi connectivity index (χ2v) is 7.88. The number of carbonyl (C=O) groups excluding carboxylic acids is 2. The lowest BCUT2D eigenvalue weighted by Gasteiger charge is -2.13. The van der Waals surface area contributed by atoms with Gasteiger partial charge in [0.25, 0.3) is 0 Å². The maximum atomic E-state index is 12.9. The predicted molar refractivity (Wildman–Crippen MR) is 107 cm³/mol. The molecule has 1 amide bonds. The molecule has 0 saturated carbocycles. The molecule has 0 saturated heterocycles. The zero-order valence-electron chi connectivity index (χ0n) is 16.0. The van der Waals surface area contributed by atoms with Gasteiger partial charge < -0.3 is 10.2 Å². The van der Waals surface area contributed by atoms with Crippen molar-refractivity contribution in [2.75, 3.05) is 0 Å². The van der Waals surface area contributed by atoms with Crippen LogP contribution in [-0.4, -0.2) is 31.7 Å². The van der Waals surface area contributed by atoms with Gasteiger partial charge in [0, 0.05) is 18.5 Å². The summed E-state index contributed by atoms with van der Waals surface area (Å²) in [5.74, 6) is 0.628. The van der Waals surface area contributed by atoms with E-state index >= 15 is 0 Å². The SMILES string of the molecule is Cc1ccc(C(=O)[C@H](C)Sc2nnc(-c3ccco3)n2CCC(N)=O)cc1C. The van der Waals surface area contributed by atoms with Crippen molar-refractivity contribution in [3.05, 3.63) is 53.3 Å². The Morgan fingerprint density at radius 3 is 2.64 bits per heavy atom. The summed E-state index contributed by atoms with van der Waals surface area (Å²) >= 11 is 1.30. The number of aromatic nitrogens is 3. The minimum atomic E-state index is -0.422. The smallest absolute Gasteiger partial charge is 0.219 e. The molecule has 2 heterocycles. The summed E-state index contributed by atoms with van der Waals surface area (Å²) < 4.78 is 7.17. The van der Waals surface area contributed by atoms with Gasteiger partial charge >= 0.3 is 0 Å². The van der Waals surface area contributed by atoms with Crippen LogP contribution in [0.15, 0.2) is 46.2 Å². The predicted octanol–water partition coefficient (Wildman–Crippen LogP) is 3.39. The van der Waals surface area contributed by atoms with E-state index in [1.165, 1.54) is 11.8 Å². The first kappa shape index (κ1) is 19.9. The van der Waals surface area contributed by atoms with Gasteiger partial charge in [-0.3, -0.25) is 14.2 Å². The molecule has 0 bridgehead atoms. The molecule has 0 aliphatic rings. The molecule has 7 nitrogen and oxygen atoms in total. The molecule has 3 aromatic rings. The van der Waals surface area contributed by atoms with E-state index in [-0.39, 0.29) is 17.5 Å². The molecule has 28 heavy (non-hydrogen) atoms. The third-order valence-electron chi connectivity index (χ3n) is 4.48. The number of nitrogens with zero attached hydrogens (tertiary/aromatic N) is 3. The molecular weight excluding hydrogens is 376 g/mol. The fourth-order valence-electron chi connectivity index (χ4n) is 2.73. The van der Waals surface area contributed by atoms with Gasteiger partial charge in [-0.05, 0) is 50.1 Å². The van der Waals surface area contributed by atoms with Crippen molar-refractivity contribution in [1.82, 2.24) is 14.8 Å². The quantitative estimate of drug-likeness (QED) is 0.461. The lowest BCUT2D eigenvalue weighted by atomic mass is 10.0. The fraction of sp³-hybridized carbons (Fsp3) is 0.300. The standard InChI is InChI=1S/C20H22N4O3S/c1-12-6-7-15(11-13(12)2)18(26)14(3)28-20-23-22-19(16-5-4-10-27-16)24(20)9-8-17(21)25/h4-7,10-11,14H,8-9H2,1-3H3,(H2,21,25)/t14-/m0/s1. The number of benzene rings is 1. The average molecular weight is 398 g/mol. The van der Waals surface area contributed by atoms with Crippen molar-refractivity contribution in [2.24, 2.45) is 5.73 Å². The molecule has 1 atom stereocenters. The van der Waals surface area contributed by atoms with Crippen LogP contribution < -0.4 is 5.73 Å². The van der Waals surface area contributed by atoms with E-state index in [2.05, 4.69) is 10.2 Å². The van der Waals surface area contributed by atoms with Crippen LogP contribution in [0.1, 0.15) is 34.8 Å². The molecular formula is C20H22N4O3S. The highest BCUT2D eigenvalue weighted by Crippen LogP contribution is 2.29. The molecule has 0 aliphatic heterocycles. The maximum Gasteiger partial charge on any atom is 0.219 e. The molecule has 2 aromatic heterocycles. The van der Waals surface area contributed by atoms with Gasteiger partial charge in [0.1, 0.15) is 0 Å². The number of hydrogen-bond donors (Lipinski definition) is 1. The number of primary amides is 1. The molecule has 8 heteroatoms. The van der Waals surface area contributed by atoms with E-state index in [1.807, 2.05) is 39.0 Å². The highest BCUT2D eigenvalue weighted by Gasteiger charge is 2.23. The van der Waals surface area contributed by atoms with Crippen molar-refractivity contribution >= 4 is 23.5 Å². The lowest BCUT2D eigenvalue weighted by molar-refractivity contribution is -0.118. The van der Waals surface area contributed by atoms with Crippen molar-refractivity contribution in [3.63, 3.8) is 0 Å². The largest absolute Gasteiger partial charge is 0.461 e. The average Bonchev–Trinajstić information content (AvgIpc) is 3.31. The third kappa shape index (κ3) is 4.33. The summed E-state index contributed by atoms with van der Waals surface area (Å²) in [7, 11) is 0. The van der Waals surface area contributed by atoms with E-state index in [0.29, 0.717) is 28.8 Å². The monoisotopic (exact) mass is 398 g/mol. The maximum absolute atomic E-state index is 12.9. The number of carbonyl (C=O) groups is 2. The third-order valence-corrected chi connectivity index (χ3v) is 5.56. The Kier molecular flexibility index (Phi) is 5.99. The topological polar surface area (TPSA) is 104 Å². The van der Waals surface area contributed by atoms with Gasteiger partial charge in [0.15, 0.2) is 22.5 Å². The molecule has 1 aromatic carbocycles. The van der Waals surface area contributed by atoms with Gasteiger partial charge in [0.05, 0.1) is 11.5 Å². The van der Waals surface area contributed by atoms with Crippen LogP contribution in [0.3, 0.4) is 0 Å². The summed E-state index contributed by atoms with van der Waals surface area (Å²) in [5, 5.41) is 8.56. The Hall–Kier alpha value is -2.87. The molecule has 0 unspecified atom stereocenters. The zero-order valence-corrected chi connectivity index (χ0v) is 16.8. The Balaban J connectivity index is 1.85. The first-order valence-electron chi connectivity index (χ1n) is 8.90. The number of hydrogen-bond acceptors (Lipinski definition) is 6.